The van der Waals surface area contributed by atoms with Crippen LogP contribution in [0.15, 0.2) is 53.4 Å². The molecule has 0 aromatic heterocycles. The van der Waals surface area contributed by atoms with Crippen molar-refractivity contribution in [2.24, 2.45) is 0 Å². The molecule has 7 heteroatoms. The smallest absolute Gasteiger partial charge is 0.264 e. The molecule has 2 aromatic carbocycles. The number of hydrogen-bond donors (Lipinski definition) is 2. The maximum Gasteiger partial charge on any atom is 0.264 e. The second kappa shape index (κ2) is 9.96. The topological polar surface area (TPSA) is 80.6 Å². The largest absolute Gasteiger partial charge is 0.491 e. The molecular weight excluding hydrogens is 376 g/mol. The monoisotopic (exact) mass is 398 g/mol. The van der Waals surface area contributed by atoms with Crippen LogP contribution in [-0.4, -0.2) is 37.5 Å². The molecule has 0 atom stereocenters. The number of amidine groups is 1. The number of benzene rings is 2. The van der Waals surface area contributed by atoms with Crippen molar-refractivity contribution in [2.45, 2.75) is 6.92 Å². The number of carbonyl (C=O) groups excluding carboxylic acids is 1. The quantitative estimate of drug-likeness (QED) is 0.498. The third-order valence-corrected chi connectivity index (χ3v) is 4.72. The van der Waals surface area contributed by atoms with E-state index in [1.807, 2.05) is 55.5 Å². The Hall–Kier alpha value is -2.77. The van der Waals surface area contributed by atoms with Crippen molar-refractivity contribution in [3.8, 4) is 11.5 Å². The fourth-order valence-electron chi connectivity index (χ4n) is 2.54. The Bertz CT molecular complexity index is 882. The molecule has 0 radical (unpaired) electrons. The lowest BCUT2D eigenvalue weighted by atomic mass is 10.2. The third-order valence-electron chi connectivity index (χ3n) is 3.89. The summed E-state index contributed by atoms with van der Waals surface area (Å²) in [6.07, 6.45) is 1.74. The number of nitrogens with one attached hydrogen (secondary N) is 2. The second-order valence-electron chi connectivity index (χ2n) is 6.04. The predicted octanol–water partition coefficient (Wildman–Crippen LogP) is 3.61. The van der Waals surface area contributed by atoms with Gasteiger partial charge >= 0.3 is 0 Å². The minimum atomic E-state index is -0.248. The van der Waals surface area contributed by atoms with E-state index in [4.69, 9.17) is 19.6 Å². The molecule has 1 fully saturated rings. The molecule has 6 nitrogen and oxygen atoms in total. The van der Waals surface area contributed by atoms with Crippen molar-refractivity contribution >= 4 is 28.9 Å². The van der Waals surface area contributed by atoms with Gasteiger partial charge in [0.05, 0.1) is 18.1 Å². The molecule has 1 aliphatic rings. The summed E-state index contributed by atoms with van der Waals surface area (Å²) in [5.74, 6) is 1.33. The van der Waals surface area contributed by atoms with Gasteiger partial charge in [0.1, 0.15) is 24.7 Å². The van der Waals surface area contributed by atoms with Crippen molar-refractivity contribution < 1.29 is 19.0 Å². The molecule has 0 aliphatic carbocycles. The predicted molar refractivity (Wildman–Crippen MR) is 111 cm³/mol. The first-order chi connectivity index (χ1) is 13.6. The zero-order valence-electron chi connectivity index (χ0n) is 15.6. The highest BCUT2D eigenvalue weighted by molar-refractivity contribution is 8.18. The second-order valence-corrected chi connectivity index (χ2v) is 7.09. The lowest BCUT2D eigenvalue weighted by Gasteiger charge is -2.10. The summed E-state index contributed by atoms with van der Waals surface area (Å²) in [6.45, 7) is 3.86. The Labute approximate surface area is 168 Å². The van der Waals surface area contributed by atoms with Gasteiger partial charge in [-0.1, -0.05) is 30.3 Å². The maximum absolute atomic E-state index is 11.7. The summed E-state index contributed by atoms with van der Waals surface area (Å²) in [7, 11) is 0. The molecule has 0 spiro atoms. The number of carbonyl (C=O) groups is 1. The summed E-state index contributed by atoms with van der Waals surface area (Å²) < 4.78 is 16.9. The van der Waals surface area contributed by atoms with Gasteiger partial charge in [0.2, 0.25) is 0 Å². The Morgan fingerprint density at radius 1 is 1.04 bits per heavy atom. The van der Waals surface area contributed by atoms with E-state index in [0.29, 0.717) is 37.1 Å². The van der Waals surface area contributed by atoms with E-state index in [2.05, 4.69) is 5.32 Å². The number of hydrogen-bond acceptors (Lipinski definition) is 6. The molecule has 3 rings (SSSR count). The molecule has 2 aromatic rings. The van der Waals surface area contributed by atoms with Gasteiger partial charge in [-0.2, -0.15) is 0 Å². The molecule has 0 unspecified atom stereocenters. The molecule has 1 aliphatic heterocycles. The van der Waals surface area contributed by atoms with Crippen molar-refractivity contribution in [1.82, 2.24) is 5.32 Å². The molecule has 146 valence electrons. The Balaban J connectivity index is 1.37. The standard InChI is InChI=1S/C21H22N2O4S/c1-15-5-2-3-8-18(15)27-12-10-25-9-11-26-17-7-4-6-16(13-17)14-19-20(24)23-21(22)28-19/h2-8,13-14H,9-12H2,1H3,(H2,22,23,24). The van der Waals surface area contributed by atoms with Crippen LogP contribution in [0.1, 0.15) is 11.1 Å². The zero-order valence-corrected chi connectivity index (χ0v) is 16.4. The van der Waals surface area contributed by atoms with Gasteiger partial charge < -0.3 is 19.5 Å². The van der Waals surface area contributed by atoms with Crippen molar-refractivity contribution in [3.05, 3.63) is 64.6 Å². The Morgan fingerprint density at radius 2 is 1.82 bits per heavy atom. The lowest BCUT2D eigenvalue weighted by molar-refractivity contribution is -0.115. The van der Waals surface area contributed by atoms with Crippen molar-refractivity contribution in [3.63, 3.8) is 0 Å². The van der Waals surface area contributed by atoms with Crippen LogP contribution in [0.25, 0.3) is 6.08 Å². The normalized spacial score (nSPS) is 15.0. The van der Waals surface area contributed by atoms with E-state index < -0.39 is 0 Å². The Morgan fingerprint density at radius 3 is 2.57 bits per heavy atom. The number of thioether (sulfide) groups is 1. The summed E-state index contributed by atoms with van der Waals surface area (Å²) in [5, 5.41) is 10.1. The average molecular weight is 398 g/mol. The van der Waals surface area contributed by atoms with Gasteiger partial charge in [0.25, 0.3) is 5.91 Å². The summed E-state index contributed by atoms with van der Waals surface area (Å²) in [5.41, 5.74) is 1.95. The van der Waals surface area contributed by atoms with E-state index in [1.165, 1.54) is 0 Å². The van der Waals surface area contributed by atoms with E-state index in [-0.39, 0.29) is 11.1 Å². The van der Waals surface area contributed by atoms with Gasteiger partial charge in [0.15, 0.2) is 5.17 Å². The van der Waals surface area contributed by atoms with Gasteiger partial charge in [-0.05, 0) is 54.1 Å². The van der Waals surface area contributed by atoms with E-state index in [0.717, 1.165) is 28.6 Å². The van der Waals surface area contributed by atoms with Crippen LogP contribution in [0.5, 0.6) is 11.5 Å². The van der Waals surface area contributed by atoms with Crippen LogP contribution < -0.4 is 14.8 Å². The summed E-state index contributed by atoms with van der Waals surface area (Å²) in [6, 6.07) is 15.3. The fraction of sp³-hybridized carbons (Fsp3) is 0.238. The summed E-state index contributed by atoms with van der Waals surface area (Å²) in [4.78, 5) is 12.2. The van der Waals surface area contributed by atoms with Crippen LogP contribution in [0, 0.1) is 12.3 Å². The highest BCUT2D eigenvalue weighted by Crippen LogP contribution is 2.26. The van der Waals surface area contributed by atoms with Gasteiger partial charge in [-0.25, -0.2) is 0 Å². The van der Waals surface area contributed by atoms with Gasteiger partial charge in [0, 0.05) is 0 Å². The number of rotatable bonds is 9. The van der Waals surface area contributed by atoms with E-state index in [9.17, 15) is 4.79 Å². The number of aryl methyl sites for hydroxylation is 1. The number of ether oxygens (including phenoxy) is 3. The minimum Gasteiger partial charge on any atom is -0.491 e. The van der Waals surface area contributed by atoms with E-state index in [1.54, 1.807) is 6.08 Å². The highest BCUT2D eigenvalue weighted by atomic mass is 32.2. The molecule has 2 N–H and O–H groups in total. The SMILES string of the molecule is Cc1ccccc1OCCOCCOc1cccc(C=C2SC(=N)NC2=O)c1. The van der Waals surface area contributed by atoms with Crippen LogP contribution in [0.2, 0.25) is 0 Å². The Kier molecular flexibility index (Phi) is 7.11. The maximum atomic E-state index is 11.7. The molecule has 1 amide bonds. The zero-order chi connectivity index (χ0) is 19.8. The van der Waals surface area contributed by atoms with Gasteiger partial charge in [-0.15, -0.1) is 0 Å². The number of amides is 1. The number of para-hydroxylation sites is 1. The fourth-order valence-corrected chi connectivity index (χ4v) is 3.24. The van der Waals surface area contributed by atoms with Crippen molar-refractivity contribution in [1.29, 1.82) is 5.41 Å². The van der Waals surface area contributed by atoms with Crippen LogP contribution >= 0.6 is 11.8 Å². The van der Waals surface area contributed by atoms with Crippen molar-refractivity contribution in [2.75, 3.05) is 26.4 Å². The summed E-state index contributed by atoms with van der Waals surface area (Å²) >= 11 is 1.11. The first-order valence-corrected chi connectivity index (χ1v) is 9.72. The molecule has 0 bridgehead atoms. The highest BCUT2D eigenvalue weighted by Gasteiger charge is 2.22. The minimum absolute atomic E-state index is 0.146. The lowest BCUT2D eigenvalue weighted by Crippen LogP contribution is -2.18. The van der Waals surface area contributed by atoms with Crippen LogP contribution in [0.4, 0.5) is 0 Å². The molecular formula is C21H22N2O4S. The van der Waals surface area contributed by atoms with Crippen LogP contribution in [-0.2, 0) is 9.53 Å². The average Bonchev–Trinajstić information content (AvgIpc) is 2.99. The molecule has 1 heterocycles. The molecule has 1 saturated heterocycles. The van der Waals surface area contributed by atoms with Gasteiger partial charge in [-0.3, -0.25) is 10.2 Å². The van der Waals surface area contributed by atoms with E-state index >= 15 is 0 Å². The van der Waals surface area contributed by atoms with Crippen LogP contribution in [0.3, 0.4) is 0 Å². The molecule has 28 heavy (non-hydrogen) atoms. The molecule has 0 saturated carbocycles. The first kappa shape index (κ1) is 20.0. The first-order valence-electron chi connectivity index (χ1n) is 8.90. The third kappa shape index (κ3) is 5.87.